The molecule has 6 heteroatoms. The van der Waals surface area contributed by atoms with Gasteiger partial charge in [0.15, 0.2) is 0 Å². The number of hydrogen-bond donors (Lipinski definition) is 2. The molecule has 2 amide bonds. The number of anilines is 1. The van der Waals surface area contributed by atoms with Crippen LogP contribution >= 0.6 is 0 Å². The lowest BCUT2D eigenvalue weighted by Crippen LogP contribution is -2.45. The van der Waals surface area contributed by atoms with Crippen LogP contribution in [-0.2, 0) is 16.1 Å². The van der Waals surface area contributed by atoms with Gasteiger partial charge < -0.3 is 10.6 Å². The van der Waals surface area contributed by atoms with Gasteiger partial charge in [0.1, 0.15) is 0 Å². The maximum Gasteiger partial charge on any atom is 0.238 e. The number of piperidine rings is 1. The lowest BCUT2D eigenvalue weighted by atomic mass is 10.0. The summed E-state index contributed by atoms with van der Waals surface area (Å²) in [4.78, 5) is 30.0. The Bertz CT molecular complexity index is 945. The summed E-state index contributed by atoms with van der Waals surface area (Å²) in [6, 6.07) is 17.3. The largest absolute Gasteiger partial charge is 0.353 e. The van der Waals surface area contributed by atoms with Crippen LogP contribution in [0, 0.1) is 13.8 Å². The average molecular weight is 463 g/mol. The summed E-state index contributed by atoms with van der Waals surface area (Å²) < 4.78 is 0. The molecule has 1 heterocycles. The van der Waals surface area contributed by atoms with Crippen molar-refractivity contribution in [1.82, 2.24) is 15.1 Å². The van der Waals surface area contributed by atoms with Crippen LogP contribution in [0.5, 0.6) is 0 Å². The molecular weight excluding hydrogens is 424 g/mol. The highest BCUT2D eigenvalue weighted by Gasteiger charge is 2.31. The number of aryl methyl sites for hydroxylation is 2. The zero-order valence-electron chi connectivity index (χ0n) is 20.6. The van der Waals surface area contributed by atoms with Crippen molar-refractivity contribution in [2.75, 3.05) is 31.5 Å². The fraction of sp³-hybridized carbons (Fsp3) is 0.500. The molecule has 1 saturated heterocycles. The Morgan fingerprint density at radius 1 is 0.912 bits per heavy atom. The third kappa shape index (κ3) is 7.15. The Balaban J connectivity index is 1.18. The van der Waals surface area contributed by atoms with Gasteiger partial charge in [0.2, 0.25) is 11.8 Å². The van der Waals surface area contributed by atoms with Crippen molar-refractivity contribution in [2.45, 2.75) is 64.6 Å². The predicted octanol–water partition coefficient (Wildman–Crippen LogP) is 3.88. The van der Waals surface area contributed by atoms with E-state index in [1.165, 1.54) is 5.56 Å². The third-order valence-electron chi connectivity index (χ3n) is 6.98. The number of carbonyl (C=O) groups excluding carboxylic acids is 2. The van der Waals surface area contributed by atoms with E-state index in [1.54, 1.807) is 0 Å². The summed E-state index contributed by atoms with van der Waals surface area (Å²) in [5.41, 5.74) is 4.38. The van der Waals surface area contributed by atoms with Gasteiger partial charge in [-0.05, 0) is 56.2 Å². The number of nitrogens with zero attached hydrogens (tertiary/aromatic N) is 2. The molecule has 0 spiro atoms. The van der Waals surface area contributed by atoms with E-state index in [9.17, 15) is 9.59 Å². The van der Waals surface area contributed by atoms with Crippen molar-refractivity contribution in [3.05, 3.63) is 65.2 Å². The Labute approximate surface area is 203 Å². The van der Waals surface area contributed by atoms with Gasteiger partial charge >= 0.3 is 0 Å². The van der Waals surface area contributed by atoms with E-state index in [4.69, 9.17) is 0 Å². The summed E-state index contributed by atoms with van der Waals surface area (Å²) in [7, 11) is 0. The molecular formula is C28H38N4O2. The lowest BCUT2D eigenvalue weighted by molar-refractivity contribution is -0.123. The second-order valence-corrected chi connectivity index (χ2v) is 9.87. The van der Waals surface area contributed by atoms with Gasteiger partial charge in [0.05, 0.1) is 6.54 Å². The minimum Gasteiger partial charge on any atom is -0.353 e. The maximum atomic E-state index is 12.7. The van der Waals surface area contributed by atoms with Crippen LogP contribution in [0.2, 0.25) is 0 Å². The molecule has 1 saturated carbocycles. The molecule has 34 heavy (non-hydrogen) atoms. The highest BCUT2D eigenvalue weighted by Crippen LogP contribution is 2.27. The van der Waals surface area contributed by atoms with Crippen LogP contribution in [0.1, 0.15) is 48.8 Å². The lowest BCUT2D eigenvalue weighted by Gasteiger charge is -2.32. The third-order valence-corrected chi connectivity index (χ3v) is 6.98. The van der Waals surface area contributed by atoms with Crippen LogP contribution in [0.25, 0.3) is 0 Å². The highest BCUT2D eigenvalue weighted by atomic mass is 16.2. The number of benzene rings is 2. The standard InChI is InChI=1S/C28H38N4O2/c1-21-7-6-8-22(2)28(21)30-27(34)20-32(25-11-12-25)18-15-26(33)29-24-13-16-31(17-14-24)19-23-9-4-3-5-10-23/h3-10,24-25H,11-20H2,1-2H3,(H,29,33)(H,30,34). The fourth-order valence-electron chi connectivity index (χ4n) is 4.83. The van der Waals surface area contributed by atoms with Crippen LogP contribution in [0.15, 0.2) is 48.5 Å². The quantitative estimate of drug-likeness (QED) is 0.563. The fourth-order valence-corrected chi connectivity index (χ4v) is 4.83. The zero-order chi connectivity index (χ0) is 23.9. The van der Waals surface area contributed by atoms with Gasteiger partial charge in [-0.15, -0.1) is 0 Å². The van der Waals surface area contributed by atoms with E-state index in [1.807, 2.05) is 38.1 Å². The number of hydrogen-bond acceptors (Lipinski definition) is 4. The smallest absolute Gasteiger partial charge is 0.238 e. The molecule has 2 aromatic carbocycles. The van der Waals surface area contributed by atoms with E-state index in [0.717, 1.165) is 62.1 Å². The van der Waals surface area contributed by atoms with E-state index in [2.05, 4.69) is 44.7 Å². The van der Waals surface area contributed by atoms with Gasteiger partial charge in [-0.3, -0.25) is 19.4 Å². The molecule has 182 valence electrons. The molecule has 2 N–H and O–H groups in total. The van der Waals surface area contributed by atoms with Gasteiger partial charge in [-0.2, -0.15) is 0 Å². The van der Waals surface area contributed by atoms with E-state index >= 15 is 0 Å². The Morgan fingerprint density at radius 2 is 1.59 bits per heavy atom. The summed E-state index contributed by atoms with van der Waals surface area (Å²) >= 11 is 0. The number of para-hydroxylation sites is 1. The molecule has 1 aliphatic carbocycles. The average Bonchev–Trinajstić information content (AvgIpc) is 3.67. The summed E-state index contributed by atoms with van der Waals surface area (Å²) in [5.74, 6) is 0.0952. The van der Waals surface area contributed by atoms with Crippen LogP contribution in [0.3, 0.4) is 0 Å². The predicted molar refractivity (Wildman–Crippen MR) is 137 cm³/mol. The molecule has 0 bridgehead atoms. The van der Waals surface area contributed by atoms with E-state index < -0.39 is 0 Å². The number of likely N-dealkylation sites (tertiary alicyclic amines) is 1. The first-order valence-corrected chi connectivity index (χ1v) is 12.6. The first-order chi connectivity index (χ1) is 16.5. The van der Waals surface area contributed by atoms with E-state index in [0.29, 0.717) is 25.6 Å². The van der Waals surface area contributed by atoms with Crippen molar-refractivity contribution >= 4 is 17.5 Å². The maximum absolute atomic E-state index is 12.7. The SMILES string of the molecule is Cc1cccc(C)c1NC(=O)CN(CCC(=O)NC1CCN(Cc2ccccc2)CC1)C1CC1. The second kappa shape index (κ2) is 11.6. The molecule has 6 nitrogen and oxygen atoms in total. The first kappa shape index (κ1) is 24.4. The Hall–Kier alpha value is -2.70. The van der Waals surface area contributed by atoms with Crippen molar-refractivity contribution in [3.8, 4) is 0 Å². The molecule has 0 atom stereocenters. The zero-order valence-corrected chi connectivity index (χ0v) is 20.6. The highest BCUT2D eigenvalue weighted by molar-refractivity contribution is 5.93. The molecule has 4 rings (SSSR count). The molecule has 0 aromatic heterocycles. The molecule has 0 unspecified atom stereocenters. The number of amides is 2. The molecule has 0 radical (unpaired) electrons. The monoisotopic (exact) mass is 462 g/mol. The summed E-state index contributed by atoms with van der Waals surface area (Å²) in [5, 5.41) is 6.31. The van der Waals surface area contributed by atoms with Crippen molar-refractivity contribution in [3.63, 3.8) is 0 Å². The van der Waals surface area contributed by atoms with Gasteiger partial charge in [0, 0.05) is 50.4 Å². The second-order valence-electron chi connectivity index (χ2n) is 9.87. The van der Waals surface area contributed by atoms with Gasteiger partial charge in [-0.1, -0.05) is 48.5 Å². The number of carbonyl (C=O) groups is 2. The number of nitrogens with one attached hydrogen (secondary N) is 2. The van der Waals surface area contributed by atoms with Crippen LogP contribution in [0.4, 0.5) is 5.69 Å². The summed E-state index contributed by atoms with van der Waals surface area (Å²) in [6.07, 6.45) is 4.64. The first-order valence-electron chi connectivity index (χ1n) is 12.6. The van der Waals surface area contributed by atoms with Crippen molar-refractivity contribution in [2.24, 2.45) is 0 Å². The molecule has 1 aliphatic heterocycles. The van der Waals surface area contributed by atoms with Crippen molar-refractivity contribution in [1.29, 1.82) is 0 Å². The minimum absolute atomic E-state index is 0.00417. The van der Waals surface area contributed by atoms with Crippen LogP contribution < -0.4 is 10.6 Å². The number of rotatable bonds is 10. The molecule has 2 aromatic rings. The summed E-state index contributed by atoms with van der Waals surface area (Å²) in [6.45, 7) is 7.98. The van der Waals surface area contributed by atoms with E-state index in [-0.39, 0.29) is 17.9 Å². The topological polar surface area (TPSA) is 64.7 Å². The molecule has 2 fully saturated rings. The minimum atomic E-state index is -0.00417. The Morgan fingerprint density at radius 3 is 2.24 bits per heavy atom. The normalized spacial score (nSPS) is 17.0. The Kier molecular flexibility index (Phi) is 8.35. The van der Waals surface area contributed by atoms with Crippen molar-refractivity contribution < 1.29 is 9.59 Å². The van der Waals surface area contributed by atoms with Crippen LogP contribution in [-0.4, -0.2) is 59.9 Å². The van der Waals surface area contributed by atoms with Gasteiger partial charge in [0.25, 0.3) is 0 Å². The molecule has 2 aliphatic rings. The van der Waals surface area contributed by atoms with Gasteiger partial charge in [-0.25, -0.2) is 0 Å².